The standard InChI is InChI=1S/C12H22O4/c1-5-10(9(3)4)16-12(14)8-7-11(13)15-6-2/h9-10H,5-8H2,1-4H3. The summed E-state index contributed by atoms with van der Waals surface area (Å²) in [6, 6.07) is 0. The van der Waals surface area contributed by atoms with Gasteiger partial charge in [0.1, 0.15) is 6.10 Å². The van der Waals surface area contributed by atoms with E-state index in [0.29, 0.717) is 12.5 Å². The summed E-state index contributed by atoms with van der Waals surface area (Å²) in [6.07, 6.45) is 0.932. The highest BCUT2D eigenvalue weighted by Gasteiger charge is 2.17. The van der Waals surface area contributed by atoms with Crippen molar-refractivity contribution in [2.75, 3.05) is 6.61 Å². The predicted octanol–water partition coefficient (Wildman–Crippen LogP) is 2.31. The lowest BCUT2D eigenvalue weighted by Gasteiger charge is -2.19. The van der Waals surface area contributed by atoms with Crippen LogP contribution in [0.4, 0.5) is 0 Å². The molecule has 0 aliphatic carbocycles. The van der Waals surface area contributed by atoms with E-state index in [0.717, 1.165) is 6.42 Å². The Morgan fingerprint density at radius 2 is 1.62 bits per heavy atom. The summed E-state index contributed by atoms with van der Waals surface area (Å²) < 4.78 is 9.97. The first kappa shape index (κ1) is 14.9. The largest absolute Gasteiger partial charge is 0.466 e. The second kappa shape index (κ2) is 8.13. The minimum atomic E-state index is -0.350. The predicted molar refractivity (Wildman–Crippen MR) is 60.9 cm³/mol. The molecule has 0 aromatic carbocycles. The van der Waals surface area contributed by atoms with Crippen LogP contribution in [0.15, 0.2) is 0 Å². The van der Waals surface area contributed by atoms with Gasteiger partial charge in [-0.25, -0.2) is 0 Å². The molecule has 0 fully saturated rings. The normalized spacial score (nSPS) is 12.3. The minimum Gasteiger partial charge on any atom is -0.466 e. The Morgan fingerprint density at radius 1 is 1.06 bits per heavy atom. The smallest absolute Gasteiger partial charge is 0.306 e. The minimum absolute atomic E-state index is 0.0605. The van der Waals surface area contributed by atoms with Gasteiger partial charge in [0.15, 0.2) is 0 Å². The van der Waals surface area contributed by atoms with Gasteiger partial charge in [0, 0.05) is 0 Å². The molecule has 0 amide bonds. The van der Waals surface area contributed by atoms with Crippen molar-refractivity contribution in [3.63, 3.8) is 0 Å². The van der Waals surface area contributed by atoms with Gasteiger partial charge in [0.05, 0.1) is 19.4 Å². The van der Waals surface area contributed by atoms with E-state index in [1.54, 1.807) is 6.92 Å². The van der Waals surface area contributed by atoms with Crippen molar-refractivity contribution in [1.82, 2.24) is 0 Å². The van der Waals surface area contributed by atoms with Gasteiger partial charge in [0.2, 0.25) is 0 Å². The maximum absolute atomic E-state index is 11.4. The third-order valence-electron chi connectivity index (χ3n) is 2.27. The van der Waals surface area contributed by atoms with Crippen molar-refractivity contribution in [2.24, 2.45) is 5.92 Å². The number of hydrogen-bond acceptors (Lipinski definition) is 4. The van der Waals surface area contributed by atoms with Crippen LogP contribution in [0.2, 0.25) is 0 Å². The molecule has 0 spiro atoms. The number of rotatable bonds is 7. The Labute approximate surface area is 97.3 Å². The van der Waals surface area contributed by atoms with Crippen LogP contribution in [0.1, 0.15) is 47.0 Å². The Bertz CT molecular complexity index is 223. The van der Waals surface area contributed by atoms with Crippen LogP contribution in [0.25, 0.3) is 0 Å². The van der Waals surface area contributed by atoms with Crippen LogP contribution in [-0.4, -0.2) is 24.6 Å². The van der Waals surface area contributed by atoms with E-state index in [2.05, 4.69) is 0 Å². The van der Waals surface area contributed by atoms with E-state index in [9.17, 15) is 9.59 Å². The molecule has 0 saturated carbocycles. The number of hydrogen-bond donors (Lipinski definition) is 0. The van der Waals surface area contributed by atoms with Gasteiger partial charge in [-0.05, 0) is 19.3 Å². The Morgan fingerprint density at radius 3 is 2.06 bits per heavy atom. The molecular weight excluding hydrogens is 208 g/mol. The van der Waals surface area contributed by atoms with E-state index < -0.39 is 0 Å². The molecule has 0 heterocycles. The number of carbonyl (C=O) groups excluding carboxylic acids is 2. The fourth-order valence-corrected chi connectivity index (χ4v) is 1.36. The molecule has 1 unspecified atom stereocenters. The second-order valence-electron chi connectivity index (χ2n) is 3.99. The van der Waals surface area contributed by atoms with Crippen molar-refractivity contribution >= 4 is 11.9 Å². The maximum Gasteiger partial charge on any atom is 0.306 e. The summed E-state index contributed by atoms with van der Waals surface area (Å²) in [5, 5.41) is 0. The molecule has 94 valence electrons. The average molecular weight is 230 g/mol. The van der Waals surface area contributed by atoms with E-state index >= 15 is 0 Å². The molecule has 0 aromatic heterocycles. The Kier molecular flexibility index (Phi) is 7.60. The van der Waals surface area contributed by atoms with Crippen LogP contribution >= 0.6 is 0 Å². The molecular formula is C12H22O4. The number of ether oxygens (including phenoxy) is 2. The zero-order valence-electron chi connectivity index (χ0n) is 10.6. The molecule has 16 heavy (non-hydrogen) atoms. The summed E-state index contributed by atoms with van der Waals surface area (Å²) in [7, 11) is 0. The van der Waals surface area contributed by atoms with Gasteiger partial charge in [-0.2, -0.15) is 0 Å². The molecule has 0 saturated heterocycles. The second-order valence-corrected chi connectivity index (χ2v) is 3.99. The molecule has 4 nitrogen and oxygen atoms in total. The summed E-state index contributed by atoms with van der Waals surface area (Å²) >= 11 is 0. The number of esters is 2. The van der Waals surface area contributed by atoms with Crippen LogP contribution in [0.3, 0.4) is 0 Å². The monoisotopic (exact) mass is 230 g/mol. The first-order chi connectivity index (χ1) is 7.51. The lowest BCUT2D eigenvalue weighted by atomic mass is 10.1. The lowest BCUT2D eigenvalue weighted by molar-refractivity contribution is -0.155. The molecule has 0 aliphatic heterocycles. The van der Waals surface area contributed by atoms with Crippen molar-refractivity contribution in [3.05, 3.63) is 0 Å². The zero-order chi connectivity index (χ0) is 12.6. The highest BCUT2D eigenvalue weighted by molar-refractivity contribution is 5.77. The van der Waals surface area contributed by atoms with Crippen molar-refractivity contribution < 1.29 is 19.1 Å². The summed E-state index contributed by atoms with van der Waals surface area (Å²) in [5.41, 5.74) is 0. The van der Waals surface area contributed by atoms with Gasteiger partial charge in [-0.15, -0.1) is 0 Å². The van der Waals surface area contributed by atoms with Crippen LogP contribution < -0.4 is 0 Å². The van der Waals surface area contributed by atoms with Crippen molar-refractivity contribution in [1.29, 1.82) is 0 Å². The van der Waals surface area contributed by atoms with Crippen LogP contribution in [0.5, 0.6) is 0 Å². The number of carbonyl (C=O) groups is 2. The van der Waals surface area contributed by atoms with E-state index in [1.807, 2.05) is 20.8 Å². The van der Waals surface area contributed by atoms with Gasteiger partial charge < -0.3 is 9.47 Å². The van der Waals surface area contributed by atoms with E-state index in [-0.39, 0.29) is 30.9 Å². The zero-order valence-corrected chi connectivity index (χ0v) is 10.6. The SMILES string of the molecule is CCOC(=O)CCC(=O)OC(CC)C(C)C. The van der Waals surface area contributed by atoms with Gasteiger partial charge >= 0.3 is 11.9 Å². The third-order valence-corrected chi connectivity index (χ3v) is 2.27. The fourth-order valence-electron chi connectivity index (χ4n) is 1.36. The summed E-state index contributed by atoms with van der Waals surface area (Å²) in [5.74, 6) is -0.373. The molecule has 0 aromatic rings. The highest BCUT2D eigenvalue weighted by Crippen LogP contribution is 2.11. The molecule has 1 atom stereocenters. The first-order valence-electron chi connectivity index (χ1n) is 5.86. The average Bonchev–Trinajstić information content (AvgIpc) is 2.23. The topological polar surface area (TPSA) is 52.6 Å². The first-order valence-corrected chi connectivity index (χ1v) is 5.86. The molecule has 0 aliphatic rings. The Balaban J connectivity index is 3.85. The molecule has 0 bridgehead atoms. The molecule has 0 rings (SSSR count). The third kappa shape index (κ3) is 6.43. The molecule has 0 N–H and O–H groups in total. The van der Waals surface area contributed by atoms with E-state index in [1.165, 1.54) is 0 Å². The van der Waals surface area contributed by atoms with E-state index in [4.69, 9.17) is 9.47 Å². The Hall–Kier alpha value is -1.06. The maximum atomic E-state index is 11.4. The van der Waals surface area contributed by atoms with Crippen LogP contribution in [-0.2, 0) is 19.1 Å². The lowest BCUT2D eigenvalue weighted by Crippen LogP contribution is -2.23. The fraction of sp³-hybridized carbons (Fsp3) is 0.833. The summed E-state index contributed by atoms with van der Waals surface area (Å²) in [6.45, 7) is 8.07. The van der Waals surface area contributed by atoms with Gasteiger partial charge in [0.25, 0.3) is 0 Å². The van der Waals surface area contributed by atoms with Gasteiger partial charge in [-0.1, -0.05) is 20.8 Å². The quantitative estimate of drug-likeness (QED) is 0.630. The van der Waals surface area contributed by atoms with Crippen LogP contribution in [0, 0.1) is 5.92 Å². The highest BCUT2D eigenvalue weighted by atomic mass is 16.5. The van der Waals surface area contributed by atoms with Gasteiger partial charge in [-0.3, -0.25) is 9.59 Å². The molecule has 4 heteroatoms. The molecule has 0 radical (unpaired) electrons. The van der Waals surface area contributed by atoms with Crippen molar-refractivity contribution in [2.45, 2.75) is 53.1 Å². The summed E-state index contributed by atoms with van der Waals surface area (Å²) in [4.78, 5) is 22.4. The van der Waals surface area contributed by atoms with Crippen molar-refractivity contribution in [3.8, 4) is 0 Å².